The van der Waals surface area contributed by atoms with Gasteiger partial charge in [0, 0.05) is 0 Å². The largest absolute Gasteiger partial charge is 0.497 e. The summed E-state index contributed by atoms with van der Waals surface area (Å²) in [6.45, 7) is 0. The maximum Gasteiger partial charge on any atom is 0.230 e. The third-order valence-electron chi connectivity index (χ3n) is 7.50. The van der Waals surface area contributed by atoms with Crippen LogP contribution in [0.15, 0.2) is 97.1 Å². The fraction of sp³-hybridized carbons (Fsp3) is 0.237. The number of benzene rings is 4. The second kappa shape index (κ2) is 19.3. The first-order valence-corrected chi connectivity index (χ1v) is 17.7. The molecule has 0 spiro atoms. The van der Waals surface area contributed by atoms with Gasteiger partial charge in [0.25, 0.3) is 0 Å². The quantitative estimate of drug-likeness (QED) is 0.0327. The van der Waals surface area contributed by atoms with Crippen molar-refractivity contribution in [1.29, 1.82) is 16.2 Å². The molecule has 7 N–H and O–H groups in total. The molecule has 10 nitrogen and oxygen atoms in total. The van der Waals surface area contributed by atoms with Gasteiger partial charge in [-0.2, -0.15) is 0 Å². The zero-order valence-electron chi connectivity index (χ0n) is 28.1. The molecule has 12 heteroatoms. The Morgan fingerprint density at radius 2 is 1.14 bits per heavy atom. The fourth-order valence-corrected chi connectivity index (χ4v) is 6.51. The van der Waals surface area contributed by atoms with Crippen LogP contribution >= 0.6 is 23.5 Å². The van der Waals surface area contributed by atoms with E-state index in [1.807, 2.05) is 97.1 Å². The number of ether oxygens (including phenoxy) is 2. The normalized spacial score (nSPS) is 11.3. The number of methoxy groups -OCH3 is 2. The smallest absolute Gasteiger partial charge is 0.230 e. The van der Waals surface area contributed by atoms with E-state index in [4.69, 9.17) is 31.4 Å². The van der Waals surface area contributed by atoms with Gasteiger partial charge in [0.1, 0.15) is 17.0 Å². The number of carbonyl (C=O) groups excluding carboxylic acids is 2. The lowest BCUT2D eigenvalue weighted by Gasteiger charge is -2.14. The zero-order valence-corrected chi connectivity index (χ0v) is 29.7. The topological polar surface area (TPSA) is 174 Å². The van der Waals surface area contributed by atoms with Crippen molar-refractivity contribution >= 4 is 50.6 Å². The number of rotatable bonds is 15. The van der Waals surface area contributed by atoms with Gasteiger partial charge in [0.2, 0.25) is 11.8 Å². The Hall–Kier alpha value is -4.91. The van der Waals surface area contributed by atoms with Gasteiger partial charge in [-0.15, -0.1) is 0 Å². The molecule has 0 aromatic heterocycles. The van der Waals surface area contributed by atoms with E-state index in [1.165, 1.54) is 0 Å². The summed E-state index contributed by atoms with van der Waals surface area (Å²) in [5, 5.41) is 30.4. The standard InChI is InChI=1S/C38H42N6O4S2/c1-47-31-15-7-13-29(23-31)27-11-5-9-25(19-27)21-35(45)43-37(41)49-33(39)17-3-4-18-34(40)50-38(42)44-36(46)22-26-10-6-12-28(20-26)30-14-8-16-32(24-30)48-2/h5-16,19-20,23-24,37,39-40H,3-4,17-18,21-22,41H2,1-2H3,(H,43,45)(H2,42,44,46). The van der Waals surface area contributed by atoms with E-state index in [9.17, 15) is 9.59 Å². The summed E-state index contributed by atoms with van der Waals surface area (Å²) in [5.74, 6) is 0.951. The number of hydrogen-bond acceptors (Lipinski definition) is 10. The maximum absolute atomic E-state index is 12.7. The van der Waals surface area contributed by atoms with Crippen molar-refractivity contribution in [2.75, 3.05) is 14.2 Å². The van der Waals surface area contributed by atoms with Crippen LogP contribution in [-0.4, -0.2) is 46.8 Å². The van der Waals surface area contributed by atoms with Crippen molar-refractivity contribution < 1.29 is 19.1 Å². The van der Waals surface area contributed by atoms with Crippen LogP contribution in [0.1, 0.15) is 36.8 Å². The van der Waals surface area contributed by atoms with E-state index >= 15 is 0 Å². The van der Waals surface area contributed by atoms with E-state index in [0.717, 1.165) is 68.4 Å². The molecule has 0 saturated heterocycles. The molecule has 0 fully saturated rings. The second-order valence-corrected chi connectivity index (χ2v) is 13.7. The van der Waals surface area contributed by atoms with Crippen LogP contribution in [0.25, 0.3) is 22.3 Å². The van der Waals surface area contributed by atoms with Crippen molar-refractivity contribution in [3.8, 4) is 33.8 Å². The van der Waals surface area contributed by atoms with Crippen molar-refractivity contribution in [2.45, 2.75) is 44.0 Å². The first-order valence-electron chi connectivity index (χ1n) is 16.0. The summed E-state index contributed by atoms with van der Waals surface area (Å²) in [5.41, 5.74) is 10.9. The Balaban J connectivity index is 1.11. The van der Waals surface area contributed by atoms with Gasteiger partial charge in [0.15, 0.2) is 5.17 Å². The summed E-state index contributed by atoms with van der Waals surface area (Å²) in [6, 6.07) is 30.8. The minimum atomic E-state index is -0.751. The Labute approximate surface area is 301 Å². The molecule has 4 rings (SSSR count). The predicted molar refractivity (Wildman–Crippen MR) is 205 cm³/mol. The van der Waals surface area contributed by atoms with Gasteiger partial charge in [-0.3, -0.25) is 25.8 Å². The van der Waals surface area contributed by atoms with Crippen LogP contribution in [0, 0.1) is 16.2 Å². The van der Waals surface area contributed by atoms with Crippen molar-refractivity contribution in [3.63, 3.8) is 0 Å². The molecular formula is C38H42N6O4S2. The fourth-order valence-electron chi connectivity index (χ4n) is 5.09. The van der Waals surface area contributed by atoms with Crippen molar-refractivity contribution in [3.05, 3.63) is 108 Å². The monoisotopic (exact) mass is 710 g/mol. The maximum atomic E-state index is 12.7. The summed E-state index contributed by atoms with van der Waals surface area (Å²) in [6.07, 6.45) is 2.42. The predicted octanol–water partition coefficient (Wildman–Crippen LogP) is 7.21. The number of amides is 2. The van der Waals surface area contributed by atoms with E-state index in [0.29, 0.717) is 30.7 Å². The van der Waals surface area contributed by atoms with Crippen LogP contribution in [0.4, 0.5) is 0 Å². The van der Waals surface area contributed by atoms with Crippen LogP contribution in [0.2, 0.25) is 0 Å². The molecule has 1 atom stereocenters. The SMILES string of the molecule is COc1cccc(-c2cccc(CC(=O)NC(=N)SC(=N)CCCCC(=N)SC(N)NC(=O)Cc3cccc(-c4cccc(OC)c4)c3)c2)c1. The van der Waals surface area contributed by atoms with Crippen molar-refractivity contribution in [2.24, 2.45) is 5.73 Å². The molecule has 4 aromatic carbocycles. The molecule has 2 amide bonds. The number of carbonyl (C=O) groups is 2. The molecule has 1 unspecified atom stereocenters. The lowest BCUT2D eigenvalue weighted by Crippen LogP contribution is -2.40. The average molecular weight is 711 g/mol. The molecule has 4 aromatic rings. The summed E-state index contributed by atoms with van der Waals surface area (Å²) < 4.78 is 10.6. The first-order chi connectivity index (χ1) is 24.1. The van der Waals surface area contributed by atoms with Gasteiger partial charge in [0.05, 0.1) is 37.1 Å². The minimum absolute atomic E-state index is 0.0963. The molecule has 0 aliphatic rings. The Bertz CT molecular complexity index is 1830. The van der Waals surface area contributed by atoms with E-state index < -0.39 is 5.50 Å². The third kappa shape index (κ3) is 12.5. The number of nitrogens with one attached hydrogen (secondary N) is 5. The van der Waals surface area contributed by atoms with Crippen LogP contribution in [0.3, 0.4) is 0 Å². The second-order valence-electron chi connectivity index (χ2n) is 11.4. The van der Waals surface area contributed by atoms with Gasteiger partial charge >= 0.3 is 0 Å². The highest BCUT2D eigenvalue weighted by Gasteiger charge is 2.14. The highest BCUT2D eigenvalue weighted by atomic mass is 32.2. The van der Waals surface area contributed by atoms with E-state index in [-0.39, 0.29) is 34.9 Å². The zero-order chi connectivity index (χ0) is 35.9. The minimum Gasteiger partial charge on any atom is -0.497 e. The molecule has 0 radical (unpaired) electrons. The number of amidine groups is 1. The summed E-state index contributed by atoms with van der Waals surface area (Å²) >= 11 is 2.00. The van der Waals surface area contributed by atoms with Gasteiger partial charge in [-0.05, 0) is 95.1 Å². The van der Waals surface area contributed by atoms with Gasteiger partial charge < -0.3 is 25.8 Å². The third-order valence-corrected chi connectivity index (χ3v) is 9.11. The van der Waals surface area contributed by atoms with E-state index in [2.05, 4.69) is 10.6 Å². The summed E-state index contributed by atoms with van der Waals surface area (Å²) in [4.78, 5) is 25.3. The highest BCUT2D eigenvalue weighted by Crippen LogP contribution is 2.26. The molecule has 0 aliphatic heterocycles. The van der Waals surface area contributed by atoms with Crippen molar-refractivity contribution in [1.82, 2.24) is 10.6 Å². The molecule has 0 aliphatic carbocycles. The van der Waals surface area contributed by atoms with E-state index in [1.54, 1.807) is 14.2 Å². The van der Waals surface area contributed by atoms with Gasteiger partial charge in [-0.1, -0.05) is 84.6 Å². The molecular weight excluding hydrogens is 669 g/mol. The molecule has 260 valence electrons. The molecule has 0 saturated carbocycles. The Kier molecular flexibility index (Phi) is 14.6. The highest BCUT2D eigenvalue weighted by molar-refractivity contribution is 8.26. The number of nitrogens with two attached hydrogens (primary N) is 1. The Morgan fingerprint density at radius 3 is 1.66 bits per heavy atom. The average Bonchev–Trinajstić information content (AvgIpc) is 3.10. The number of thioether (sulfide) groups is 2. The lowest BCUT2D eigenvalue weighted by molar-refractivity contribution is -0.120. The van der Waals surface area contributed by atoms with Crippen LogP contribution in [-0.2, 0) is 22.4 Å². The van der Waals surface area contributed by atoms with Crippen LogP contribution in [0.5, 0.6) is 11.5 Å². The van der Waals surface area contributed by atoms with Crippen LogP contribution < -0.4 is 25.8 Å². The lowest BCUT2D eigenvalue weighted by atomic mass is 10.0. The van der Waals surface area contributed by atoms with Gasteiger partial charge in [-0.25, -0.2) is 0 Å². The summed E-state index contributed by atoms with van der Waals surface area (Å²) in [7, 11) is 3.24. The molecule has 50 heavy (non-hydrogen) atoms. The molecule has 0 heterocycles. The first kappa shape index (κ1) is 37.9. The Morgan fingerprint density at radius 1 is 0.680 bits per heavy atom. The molecule has 0 bridgehead atoms. The number of hydrogen-bond donors (Lipinski definition) is 6. The number of unbranched alkanes of at least 4 members (excludes halogenated alkanes) is 1.